The molecular weight excluding hydrogens is 368 g/mol. The van der Waals surface area contributed by atoms with Gasteiger partial charge in [-0.2, -0.15) is 0 Å². The smallest absolute Gasteiger partial charge is 0.305 e. The summed E-state index contributed by atoms with van der Waals surface area (Å²) in [6, 6.07) is 0. The molecule has 0 atom stereocenters. The number of unbranched alkanes of at least 4 members (excludes halogenated alkanes) is 18. The lowest BCUT2D eigenvalue weighted by atomic mass is 10.0. The molecule has 30 heavy (non-hydrogen) atoms. The van der Waals surface area contributed by atoms with Crippen molar-refractivity contribution in [3.63, 3.8) is 0 Å². The Morgan fingerprint density at radius 2 is 0.967 bits per heavy atom. The predicted molar refractivity (Wildman–Crippen MR) is 133 cm³/mol. The molecule has 0 bridgehead atoms. The average molecular weight is 425 g/mol. The first-order valence-electron chi connectivity index (χ1n) is 13.8. The number of hydrogen-bond acceptors (Lipinski definition) is 2. The van der Waals surface area contributed by atoms with E-state index in [0.717, 1.165) is 18.8 Å². The highest BCUT2D eigenvalue weighted by Gasteiger charge is 2.02. The first-order valence-corrected chi connectivity index (χ1v) is 13.8. The van der Waals surface area contributed by atoms with E-state index < -0.39 is 0 Å². The van der Waals surface area contributed by atoms with E-state index in [9.17, 15) is 4.79 Å². The van der Waals surface area contributed by atoms with Gasteiger partial charge in [-0.1, -0.05) is 143 Å². The van der Waals surface area contributed by atoms with Crippen LogP contribution in [0.3, 0.4) is 0 Å². The number of esters is 1. The Morgan fingerprint density at radius 1 is 0.567 bits per heavy atom. The van der Waals surface area contributed by atoms with Gasteiger partial charge in [-0.05, 0) is 18.8 Å². The number of carbonyl (C=O) groups is 1. The van der Waals surface area contributed by atoms with Crippen molar-refractivity contribution in [2.45, 2.75) is 162 Å². The van der Waals surface area contributed by atoms with Crippen LogP contribution in [0.25, 0.3) is 0 Å². The van der Waals surface area contributed by atoms with E-state index in [4.69, 9.17) is 4.74 Å². The molecule has 0 saturated heterocycles. The van der Waals surface area contributed by atoms with Crippen LogP contribution in [0.5, 0.6) is 0 Å². The molecular formula is C28H56O2. The van der Waals surface area contributed by atoms with Crippen molar-refractivity contribution in [3.05, 3.63) is 0 Å². The van der Waals surface area contributed by atoms with Crippen LogP contribution in [0.2, 0.25) is 0 Å². The molecule has 0 aromatic carbocycles. The van der Waals surface area contributed by atoms with Crippen molar-refractivity contribution in [2.75, 3.05) is 6.61 Å². The quantitative estimate of drug-likeness (QED) is 0.114. The van der Waals surface area contributed by atoms with Gasteiger partial charge in [0.1, 0.15) is 0 Å². The summed E-state index contributed by atoms with van der Waals surface area (Å²) in [6.07, 6.45) is 28.4. The monoisotopic (exact) mass is 424 g/mol. The Labute approximate surface area is 190 Å². The maximum Gasteiger partial charge on any atom is 0.305 e. The van der Waals surface area contributed by atoms with Crippen molar-refractivity contribution in [1.82, 2.24) is 0 Å². The van der Waals surface area contributed by atoms with Gasteiger partial charge in [-0.25, -0.2) is 0 Å². The molecule has 0 aromatic rings. The minimum Gasteiger partial charge on any atom is -0.466 e. The van der Waals surface area contributed by atoms with E-state index in [0.29, 0.717) is 13.0 Å². The molecule has 0 aliphatic heterocycles. The van der Waals surface area contributed by atoms with Crippen molar-refractivity contribution in [3.8, 4) is 0 Å². The maximum absolute atomic E-state index is 11.8. The van der Waals surface area contributed by atoms with E-state index in [1.165, 1.54) is 122 Å². The van der Waals surface area contributed by atoms with E-state index >= 15 is 0 Å². The molecule has 0 amide bonds. The summed E-state index contributed by atoms with van der Waals surface area (Å²) in [4.78, 5) is 11.8. The fourth-order valence-electron chi connectivity index (χ4n) is 4.08. The number of rotatable bonds is 24. The summed E-state index contributed by atoms with van der Waals surface area (Å²) in [5, 5.41) is 0. The molecule has 2 nitrogen and oxygen atoms in total. The predicted octanol–water partition coefficient (Wildman–Crippen LogP) is 9.79. The van der Waals surface area contributed by atoms with Gasteiger partial charge in [0.2, 0.25) is 0 Å². The molecule has 2 heteroatoms. The van der Waals surface area contributed by atoms with Crippen molar-refractivity contribution >= 4 is 5.97 Å². The zero-order chi connectivity index (χ0) is 22.1. The van der Waals surface area contributed by atoms with E-state index in [1.807, 2.05) is 0 Å². The van der Waals surface area contributed by atoms with Gasteiger partial charge in [0.15, 0.2) is 0 Å². The van der Waals surface area contributed by atoms with Crippen LogP contribution in [-0.2, 0) is 9.53 Å². The minimum absolute atomic E-state index is 0.0207. The van der Waals surface area contributed by atoms with Gasteiger partial charge < -0.3 is 4.74 Å². The standard InChI is InChI=1S/C28H56O2/c1-4-5-6-7-8-9-14-17-20-23-26-30-28(29)25-22-19-16-13-11-10-12-15-18-21-24-27(2)3/h27H,4-26H2,1-3H3. The highest BCUT2D eigenvalue weighted by molar-refractivity contribution is 5.69. The molecule has 0 radical (unpaired) electrons. The molecule has 0 aliphatic rings. The van der Waals surface area contributed by atoms with Crippen LogP contribution >= 0.6 is 0 Å². The molecule has 0 rings (SSSR count). The summed E-state index contributed by atoms with van der Waals surface area (Å²) in [5.74, 6) is 0.884. The highest BCUT2D eigenvalue weighted by Crippen LogP contribution is 2.14. The topological polar surface area (TPSA) is 26.3 Å². The SMILES string of the molecule is CCCCCCCCCCCCOC(=O)CCCCCCCCCCCCC(C)C. The zero-order valence-corrected chi connectivity index (χ0v) is 21.2. The van der Waals surface area contributed by atoms with Gasteiger partial charge in [-0.15, -0.1) is 0 Å². The molecule has 0 spiro atoms. The Bertz CT molecular complexity index is 338. The molecule has 0 fully saturated rings. The minimum atomic E-state index is 0.0207. The first-order chi connectivity index (χ1) is 14.7. The van der Waals surface area contributed by atoms with Crippen LogP contribution in [-0.4, -0.2) is 12.6 Å². The van der Waals surface area contributed by atoms with Gasteiger partial charge in [-0.3, -0.25) is 4.79 Å². The first kappa shape index (κ1) is 29.5. The normalized spacial score (nSPS) is 11.3. The van der Waals surface area contributed by atoms with E-state index in [1.54, 1.807) is 0 Å². The third-order valence-corrected chi connectivity index (χ3v) is 6.17. The number of carbonyl (C=O) groups excluding carboxylic acids is 1. The Morgan fingerprint density at radius 3 is 1.43 bits per heavy atom. The third-order valence-electron chi connectivity index (χ3n) is 6.17. The Hall–Kier alpha value is -0.530. The largest absolute Gasteiger partial charge is 0.466 e. The van der Waals surface area contributed by atoms with Crippen LogP contribution in [0, 0.1) is 5.92 Å². The second kappa shape index (κ2) is 24.7. The summed E-state index contributed by atoms with van der Waals surface area (Å²) in [6.45, 7) is 7.54. The Kier molecular flexibility index (Phi) is 24.3. The second-order valence-electron chi connectivity index (χ2n) is 9.87. The van der Waals surface area contributed by atoms with Crippen molar-refractivity contribution in [1.29, 1.82) is 0 Å². The van der Waals surface area contributed by atoms with Gasteiger partial charge in [0.05, 0.1) is 6.61 Å². The highest BCUT2D eigenvalue weighted by atomic mass is 16.5. The molecule has 180 valence electrons. The molecule has 0 unspecified atom stereocenters. The van der Waals surface area contributed by atoms with Gasteiger partial charge in [0, 0.05) is 6.42 Å². The van der Waals surface area contributed by atoms with Crippen LogP contribution in [0.1, 0.15) is 162 Å². The fourth-order valence-corrected chi connectivity index (χ4v) is 4.08. The van der Waals surface area contributed by atoms with Crippen LogP contribution < -0.4 is 0 Å². The lowest BCUT2D eigenvalue weighted by Gasteiger charge is -2.06. The van der Waals surface area contributed by atoms with E-state index in [2.05, 4.69) is 20.8 Å². The molecule has 0 aromatic heterocycles. The fraction of sp³-hybridized carbons (Fsp3) is 0.964. The maximum atomic E-state index is 11.8. The summed E-state index contributed by atoms with van der Waals surface area (Å²) < 4.78 is 5.38. The van der Waals surface area contributed by atoms with Gasteiger partial charge >= 0.3 is 5.97 Å². The van der Waals surface area contributed by atoms with Crippen LogP contribution in [0.15, 0.2) is 0 Å². The van der Waals surface area contributed by atoms with Crippen LogP contribution in [0.4, 0.5) is 0 Å². The average Bonchev–Trinajstić information content (AvgIpc) is 2.72. The summed E-state index contributed by atoms with van der Waals surface area (Å²) >= 11 is 0. The summed E-state index contributed by atoms with van der Waals surface area (Å²) in [5.41, 5.74) is 0. The molecule has 0 N–H and O–H groups in total. The van der Waals surface area contributed by atoms with Gasteiger partial charge in [0.25, 0.3) is 0 Å². The second-order valence-corrected chi connectivity index (χ2v) is 9.87. The lowest BCUT2D eigenvalue weighted by molar-refractivity contribution is -0.143. The van der Waals surface area contributed by atoms with E-state index in [-0.39, 0.29) is 5.97 Å². The number of hydrogen-bond donors (Lipinski definition) is 0. The summed E-state index contributed by atoms with van der Waals surface area (Å²) in [7, 11) is 0. The molecule has 0 saturated carbocycles. The van der Waals surface area contributed by atoms with Crippen molar-refractivity contribution < 1.29 is 9.53 Å². The zero-order valence-electron chi connectivity index (χ0n) is 21.2. The third kappa shape index (κ3) is 25.5. The lowest BCUT2D eigenvalue weighted by Crippen LogP contribution is -2.05. The van der Waals surface area contributed by atoms with Crippen molar-refractivity contribution in [2.24, 2.45) is 5.92 Å². The molecule has 0 heterocycles. The Balaban J connectivity index is 3.15. The molecule has 0 aliphatic carbocycles. The number of ether oxygens (including phenoxy) is 1.